The van der Waals surface area contributed by atoms with E-state index >= 15 is 0 Å². The van der Waals surface area contributed by atoms with E-state index < -0.39 is 28.5 Å². The summed E-state index contributed by atoms with van der Waals surface area (Å²) in [4.78, 5) is 0. The molecule has 0 unspecified atom stereocenters. The van der Waals surface area contributed by atoms with Gasteiger partial charge in [-0.3, -0.25) is 0 Å². The molecule has 0 radical (unpaired) electrons. The molecule has 0 aliphatic carbocycles. The highest BCUT2D eigenvalue weighted by molar-refractivity contribution is 6.59. The number of hydrogen-bond donors (Lipinski definition) is 8. The maximum atomic E-state index is 9.39. The van der Waals surface area contributed by atoms with Crippen LogP contribution in [0.2, 0.25) is 0 Å². The van der Waals surface area contributed by atoms with E-state index in [9.17, 15) is 30.1 Å². The minimum absolute atomic E-state index is 0.475. The molecular weight excluding hydrogens is 568 g/mol. The monoisotopic (exact) mass is 610 g/mol. The molecule has 4 aromatic carbocycles. The molecular formula is C33H42B4O8. The SMILES string of the molecule is CCc1cc(CCCc2cc(C)cc(B(O)O)c2)cc(B(O)O)c1.Cc1cc(CCc2cccc(B(O)O)c2)cc(B(O)O)c1. The second kappa shape index (κ2) is 17.5. The van der Waals surface area contributed by atoms with Crippen molar-refractivity contribution in [2.24, 2.45) is 0 Å². The molecule has 0 aromatic heterocycles. The largest absolute Gasteiger partial charge is 0.488 e. The van der Waals surface area contributed by atoms with Crippen molar-refractivity contribution < 1.29 is 40.2 Å². The van der Waals surface area contributed by atoms with Crippen molar-refractivity contribution in [3.63, 3.8) is 0 Å². The molecule has 234 valence electrons. The molecule has 0 amide bonds. The van der Waals surface area contributed by atoms with Gasteiger partial charge in [0.25, 0.3) is 0 Å². The van der Waals surface area contributed by atoms with Crippen molar-refractivity contribution in [2.45, 2.75) is 59.3 Å². The van der Waals surface area contributed by atoms with E-state index in [-0.39, 0.29) is 0 Å². The second-order valence-corrected chi connectivity index (χ2v) is 11.5. The first kappa shape index (κ1) is 36.3. The Balaban J connectivity index is 0.000000248. The molecule has 4 aromatic rings. The average Bonchev–Trinajstić information content (AvgIpc) is 2.99. The first-order valence-electron chi connectivity index (χ1n) is 15.2. The van der Waals surface area contributed by atoms with Gasteiger partial charge < -0.3 is 40.2 Å². The number of aryl methyl sites for hydroxylation is 7. The van der Waals surface area contributed by atoms with Gasteiger partial charge in [-0.2, -0.15) is 0 Å². The van der Waals surface area contributed by atoms with Crippen LogP contribution in [0.1, 0.15) is 52.3 Å². The zero-order valence-corrected chi connectivity index (χ0v) is 26.1. The van der Waals surface area contributed by atoms with E-state index in [1.807, 2.05) is 51.1 Å². The van der Waals surface area contributed by atoms with Gasteiger partial charge in [-0.05, 0) is 102 Å². The van der Waals surface area contributed by atoms with Crippen LogP contribution in [0.4, 0.5) is 0 Å². The van der Waals surface area contributed by atoms with Crippen LogP contribution < -0.4 is 21.9 Å². The molecule has 0 aliphatic rings. The van der Waals surface area contributed by atoms with Crippen molar-refractivity contribution in [2.75, 3.05) is 0 Å². The second-order valence-electron chi connectivity index (χ2n) is 11.5. The molecule has 8 N–H and O–H groups in total. The highest BCUT2D eigenvalue weighted by atomic mass is 16.4. The van der Waals surface area contributed by atoms with Crippen molar-refractivity contribution in [1.29, 1.82) is 0 Å². The predicted molar refractivity (Wildman–Crippen MR) is 183 cm³/mol. The lowest BCUT2D eigenvalue weighted by Gasteiger charge is -2.10. The van der Waals surface area contributed by atoms with Crippen LogP contribution in [0.3, 0.4) is 0 Å². The van der Waals surface area contributed by atoms with E-state index in [2.05, 4.69) is 12.1 Å². The van der Waals surface area contributed by atoms with Crippen molar-refractivity contribution in [3.8, 4) is 0 Å². The molecule has 8 nitrogen and oxygen atoms in total. The van der Waals surface area contributed by atoms with E-state index in [4.69, 9.17) is 10.0 Å². The minimum atomic E-state index is -1.46. The van der Waals surface area contributed by atoms with Crippen LogP contribution >= 0.6 is 0 Å². The zero-order valence-electron chi connectivity index (χ0n) is 26.1. The third kappa shape index (κ3) is 11.9. The molecule has 0 aliphatic heterocycles. The van der Waals surface area contributed by atoms with Gasteiger partial charge in [-0.15, -0.1) is 0 Å². The van der Waals surface area contributed by atoms with Gasteiger partial charge in [-0.1, -0.05) is 96.9 Å². The Labute approximate surface area is 267 Å². The van der Waals surface area contributed by atoms with Crippen LogP contribution in [0.5, 0.6) is 0 Å². The smallest absolute Gasteiger partial charge is 0.423 e. The number of rotatable bonds is 12. The summed E-state index contributed by atoms with van der Waals surface area (Å²) >= 11 is 0. The van der Waals surface area contributed by atoms with Crippen molar-refractivity contribution >= 4 is 50.3 Å². The molecule has 0 bridgehead atoms. The van der Waals surface area contributed by atoms with Crippen LogP contribution in [-0.4, -0.2) is 68.7 Å². The van der Waals surface area contributed by atoms with Crippen LogP contribution in [0, 0.1) is 13.8 Å². The summed E-state index contributed by atoms with van der Waals surface area (Å²) < 4.78 is 0. The predicted octanol–water partition coefficient (Wildman–Crippen LogP) is -0.768. The first-order chi connectivity index (χ1) is 21.3. The maximum absolute atomic E-state index is 9.39. The Morgan fingerprint density at radius 1 is 0.422 bits per heavy atom. The quantitative estimate of drug-likeness (QED) is 0.0972. The Hall–Kier alpha value is -3.18. The topological polar surface area (TPSA) is 162 Å². The van der Waals surface area contributed by atoms with Gasteiger partial charge in [0.15, 0.2) is 0 Å². The standard InChI is InChI=1S/C18H24B2O4.C15H18B2O4/c1-3-14-9-16(12-18(10-14)20(23)24)6-4-5-15-7-13(2)8-17(11-15)19(21)22;1-11-7-13(10-15(8-11)17(20)21)6-5-12-3-2-4-14(9-12)16(18)19/h7-12,21-24H,3-6H2,1-2H3;2-4,7-10,18-21H,5-6H2,1H3. The Kier molecular flexibility index (Phi) is 14.1. The Bertz CT molecular complexity index is 1530. The van der Waals surface area contributed by atoms with Gasteiger partial charge >= 0.3 is 28.5 Å². The highest BCUT2D eigenvalue weighted by Gasteiger charge is 2.15. The molecule has 0 saturated carbocycles. The third-order valence-electron chi connectivity index (χ3n) is 7.58. The summed E-state index contributed by atoms with van der Waals surface area (Å²) in [7, 11) is -5.81. The van der Waals surface area contributed by atoms with Crippen molar-refractivity contribution in [3.05, 3.63) is 118 Å². The minimum Gasteiger partial charge on any atom is -0.423 e. The lowest BCUT2D eigenvalue weighted by Crippen LogP contribution is -2.30. The molecule has 12 heteroatoms. The van der Waals surface area contributed by atoms with E-state index in [0.29, 0.717) is 21.9 Å². The van der Waals surface area contributed by atoms with Gasteiger partial charge in [0.2, 0.25) is 0 Å². The summed E-state index contributed by atoms with van der Waals surface area (Å²) in [6.45, 7) is 5.90. The van der Waals surface area contributed by atoms with Crippen molar-refractivity contribution in [1.82, 2.24) is 0 Å². The fourth-order valence-electron chi connectivity index (χ4n) is 5.36. The number of benzene rings is 4. The normalized spacial score (nSPS) is 10.6. The van der Waals surface area contributed by atoms with E-state index in [0.717, 1.165) is 77.5 Å². The van der Waals surface area contributed by atoms with Crippen LogP contribution in [-0.2, 0) is 32.1 Å². The molecule has 0 saturated heterocycles. The lowest BCUT2D eigenvalue weighted by molar-refractivity contribution is 0.424. The molecule has 0 heterocycles. The molecule has 0 fully saturated rings. The van der Waals surface area contributed by atoms with E-state index in [1.165, 1.54) is 0 Å². The fourth-order valence-corrected chi connectivity index (χ4v) is 5.36. The van der Waals surface area contributed by atoms with Gasteiger partial charge in [0.1, 0.15) is 0 Å². The first-order valence-corrected chi connectivity index (χ1v) is 15.2. The Morgan fingerprint density at radius 3 is 1.31 bits per heavy atom. The summed E-state index contributed by atoms with van der Waals surface area (Å²) in [6, 6.07) is 24.1. The summed E-state index contributed by atoms with van der Waals surface area (Å²) in [6.07, 6.45) is 4.90. The maximum Gasteiger partial charge on any atom is 0.488 e. The average molecular weight is 610 g/mol. The lowest BCUT2D eigenvalue weighted by atomic mass is 9.77. The fraction of sp³-hybridized carbons (Fsp3) is 0.273. The molecule has 4 rings (SSSR count). The molecule has 0 spiro atoms. The third-order valence-corrected chi connectivity index (χ3v) is 7.58. The zero-order chi connectivity index (χ0) is 33.1. The number of hydrogen-bond acceptors (Lipinski definition) is 8. The highest BCUT2D eigenvalue weighted by Crippen LogP contribution is 2.12. The van der Waals surface area contributed by atoms with Gasteiger partial charge in [-0.25, -0.2) is 0 Å². The molecule has 0 atom stereocenters. The summed E-state index contributed by atoms with van der Waals surface area (Å²) in [5.41, 5.74) is 9.30. The van der Waals surface area contributed by atoms with E-state index in [1.54, 1.807) is 36.4 Å². The van der Waals surface area contributed by atoms with Crippen LogP contribution in [0.25, 0.3) is 0 Å². The summed E-state index contributed by atoms with van der Waals surface area (Å²) in [5.74, 6) is 0. The molecule has 45 heavy (non-hydrogen) atoms. The Morgan fingerprint density at radius 2 is 0.822 bits per heavy atom. The van der Waals surface area contributed by atoms with Crippen LogP contribution in [0.15, 0.2) is 78.9 Å². The summed E-state index contributed by atoms with van der Waals surface area (Å²) in [5, 5.41) is 74.3. The van der Waals surface area contributed by atoms with Gasteiger partial charge in [0, 0.05) is 0 Å². The van der Waals surface area contributed by atoms with Gasteiger partial charge in [0.05, 0.1) is 0 Å².